The summed E-state index contributed by atoms with van der Waals surface area (Å²) in [6.45, 7) is 5.67. The van der Waals surface area contributed by atoms with Crippen LogP contribution in [0.1, 0.15) is 38.7 Å². The van der Waals surface area contributed by atoms with Crippen LogP contribution in [0.5, 0.6) is 0 Å². The van der Waals surface area contributed by atoms with E-state index in [1.807, 2.05) is 0 Å². The Morgan fingerprint density at radius 2 is 2.10 bits per heavy atom. The van der Waals surface area contributed by atoms with Crippen LogP contribution in [-0.2, 0) is 6.42 Å². The number of hydrogen-bond acceptors (Lipinski definition) is 3. The highest BCUT2D eigenvalue weighted by molar-refractivity contribution is 5.59. The first kappa shape index (κ1) is 13.9. The molecule has 1 aromatic rings. The van der Waals surface area contributed by atoms with E-state index in [4.69, 9.17) is 0 Å². The summed E-state index contributed by atoms with van der Waals surface area (Å²) in [5, 5.41) is 13.3. The maximum absolute atomic E-state index is 9.72. The number of anilines is 1. The van der Waals surface area contributed by atoms with E-state index in [0.717, 1.165) is 19.4 Å². The molecule has 1 aromatic carbocycles. The van der Waals surface area contributed by atoms with Crippen molar-refractivity contribution in [3.8, 4) is 0 Å². The quantitative estimate of drug-likeness (QED) is 0.836. The molecule has 1 aliphatic carbocycles. The molecule has 110 valence electrons. The number of nitrogens with zero attached hydrogens (tertiary/aromatic N) is 1. The molecule has 0 saturated heterocycles. The van der Waals surface area contributed by atoms with Crippen LogP contribution in [0.25, 0.3) is 0 Å². The molecule has 3 heteroatoms. The number of aliphatic hydroxyl groups excluding tert-OH is 1. The van der Waals surface area contributed by atoms with Crippen molar-refractivity contribution >= 4 is 5.69 Å². The van der Waals surface area contributed by atoms with Crippen molar-refractivity contribution in [2.24, 2.45) is 0 Å². The molecule has 1 aliphatic heterocycles. The summed E-state index contributed by atoms with van der Waals surface area (Å²) in [6.07, 6.45) is 4.65. The second kappa shape index (κ2) is 5.38. The minimum absolute atomic E-state index is 0.140. The topological polar surface area (TPSA) is 35.5 Å². The summed E-state index contributed by atoms with van der Waals surface area (Å²) in [7, 11) is 0. The summed E-state index contributed by atoms with van der Waals surface area (Å²) >= 11 is 0. The molecule has 2 atom stereocenters. The van der Waals surface area contributed by atoms with Crippen molar-refractivity contribution in [2.75, 3.05) is 18.1 Å². The lowest BCUT2D eigenvalue weighted by Crippen LogP contribution is -2.49. The van der Waals surface area contributed by atoms with Crippen LogP contribution < -0.4 is 10.2 Å². The van der Waals surface area contributed by atoms with E-state index in [2.05, 4.69) is 48.3 Å². The van der Waals surface area contributed by atoms with E-state index in [1.54, 1.807) is 0 Å². The van der Waals surface area contributed by atoms with Gasteiger partial charge in [-0.2, -0.15) is 0 Å². The molecule has 2 aliphatic rings. The van der Waals surface area contributed by atoms with Gasteiger partial charge in [0.1, 0.15) is 0 Å². The van der Waals surface area contributed by atoms with E-state index in [9.17, 15) is 5.11 Å². The highest BCUT2D eigenvalue weighted by atomic mass is 16.3. The molecule has 0 spiro atoms. The van der Waals surface area contributed by atoms with E-state index in [1.165, 1.54) is 24.1 Å². The smallest absolute Gasteiger partial charge is 0.0611 e. The van der Waals surface area contributed by atoms with E-state index in [0.29, 0.717) is 12.1 Å². The minimum atomic E-state index is -0.140. The summed E-state index contributed by atoms with van der Waals surface area (Å²) in [4.78, 5) is 2.50. The number of hydrogen-bond donors (Lipinski definition) is 2. The second-order valence-corrected chi connectivity index (χ2v) is 6.76. The van der Waals surface area contributed by atoms with E-state index < -0.39 is 0 Å². The molecule has 20 heavy (non-hydrogen) atoms. The third kappa shape index (κ3) is 2.84. The fourth-order valence-corrected chi connectivity index (χ4v) is 3.25. The van der Waals surface area contributed by atoms with E-state index in [-0.39, 0.29) is 12.1 Å². The van der Waals surface area contributed by atoms with Crippen LogP contribution in [-0.4, -0.2) is 35.9 Å². The molecule has 2 N–H and O–H groups in total. The third-order valence-corrected chi connectivity index (χ3v) is 4.73. The van der Waals surface area contributed by atoms with Gasteiger partial charge in [0, 0.05) is 29.9 Å². The van der Waals surface area contributed by atoms with Gasteiger partial charge in [-0.1, -0.05) is 18.2 Å². The van der Waals surface area contributed by atoms with Crippen molar-refractivity contribution in [3.63, 3.8) is 0 Å². The van der Waals surface area contributed by atoms with E-state index >= 15 is 0 Å². The van der Waals surface area contributed by atoms with Gasteiger partial charge in [0.05, 0.1) is 6.61 Å². The fourth-order valence-electron chi connectivity index (χ4n) is 3.25. The second-order valence-electron chi connectivity index (χ2n) is 6.76. The van der Waals surface area contributed by atoms with Gasteiger partial charge >= 0.3 is 0 Å². The van der Waals surface area contributed by atoms with Crippen LogP contribution >= 0.6 is 0 Å². The van der Waals surface area contributed by atoms with Crippen molar-refractivity contribution in [2.45, 2.75) is 57.2 Å². The Kier molecular flexibility index (Phi) is 3.74. The van der Waals surface area contributed by atoms with Gasteiger partial charge < -0.3 is 15.3 Å². The first-order valence-corrected chi connectivity index (χ1v) is 7.84. The number of para-hydroxylation sites is 1. The predicted octanol–water partition coefficient (Wildman–Crippen LogP) is 2.33. The molecule has 0 amide bonds. The molecule has 0 bridgehead atoms. The summed E-state index contributed by atoms with van der Waals surface area (Å²) in [6, 6.07) is 9.91. The van der Waals surface area contributed by atoms with Crippen LogP contribution in [0.15, 0.2) is 24.3 Å². The zero-order chi connectivity index (χ0) is 14.2. The lowest BCUT2D eigenvalue weighted by molar-refractivity contribution is 0.165. The normalized spacial score (nSPS) is 24.6. The lowest BCUT2D eigenvalue weighted by Gasteiger charge is -2.33. The Morgan fingerprint density at radius 1 is 1.35 bits per heavy atom. The van der Waals surface area contributed by atoms with Crippen LogP contribution in [0.4, 0.5) is 5.69 Å². The van der Waals surface area contributed by atoms with Crippen LogP contribution in [0.3, 0.4) is 0 Å². The molecule has 0 radical (unpaired) electrons. The average molecular weight is 274 g/mol. The predicted molar refractivity (Wildman–Crippen MR) is 83.2 cm³/mol. The fraction of sp³-hybridized carbons (Fsp3) is 0.647. The van der Waals surface area contributed by atoms with Crippen molar-refractivity contribution in [1.82, 2.24) is 5.32 Å². The number of benzene rings is 1. The van der Waals surface area contributed by atoms with Gasteiger partial charge in [-0.05, 0) is 51.2 Å². The molecule has 1 fully saturated rings. The molecule has 1 heterocycles. The SMILES string of the molecule is CC1Cc2ccccc2N1CCC(C)(CO)NC1CC1. The Morgan fingerprint density at radius 3 is 2.80 bits per heavy atom. The zero-order valence-electron chi connectivity index (χ0n) is 12.6. The van der Waals surface area contributed by atoms with Crippen LogP contribution in [0, 0.1) is 0 Å². The zero-order valence-corrected chi connectivity index (χ0v) is 12.6. The maximum Gasteiger partial charge on any atom is 0.0611 e. The van der Waals surface area contributed by atoms with Gasteiger partial charge in [-0.15, -0.1) is 0 Å². The molecule has 1 saturated carbocycles. The number of rotatable bonds is 6. The van der Waals surface area contributed by atoms with Crippen molar-refractivity contribution in [1.29, 1.82) is 0 Å². The van der Waals surface area contributed by atoms with Crippen molar-refractivity contribution < 1.29 is 5.11 Å². The Hall–Kier alpha value is -1.06. The standard InChI is InChI=1S/C17H26N2O/c1-13-11-14-5-3-4-6-16(14)19(13)10-9-17(2,12-20)18-15-7-8-15/h3-6,13,15,18,20H,7-12H2,1-2H3. The van der Waals surface area contributed by atoms with Gasteiger partial charge in [-0.3, -0.25) is 0 Å². The Bertz CT molecular complexity index is 472. The molecular formula is C17H26N2O. The number of nitrogens with one attached hydrogen (secondary N) is 1. The monoisotopic (exact) mass is 274 g/mol. The lowest BCUT2D eigenvalue weighted by atomic mass is 9.98. The highest BCUT2D eigenvalue weighted by Gasteiger charge is 2.33. The first-order chi connectivity index (χ1) is 9.61. The van der Waals surface area contributed by atoms with Gasteiger partial charge in [0.25, 0.3) is 0 Å². The van der Waals surface area contributed by atoms with Gasteiger partial charge in [-0.25, -0.2) is 0 Å². The van der Waals surface area contributed by atoms with Crippen molar-refractivity contribution in [3.05, 3.63) is 29.8 Å². The summed E-state index contributed by atoms with van der Waals surface area (Å²) < 4.78 is 0. The molecular weight excluding hydrogens is 248 g/mol. The molecule has 3 rings (SSSR count). The maximum atomic E-state index is 9.72. The Balaban J connectivity index is 1.65. The largest absolute Gasteiger partial charge is 0.394 e. The molecule has 2 unspecified atom stereocenters. The number of fused-ring (bicyclic) bond motifs is 1. The summed E-state index contributed by atoms with van der Waals surface area (Å²) in [5.74, 6) is 0. The minimum Gasteiger partial charge on any atom is -0.394 e. The number of aliphatic hydroxyl groups is 1. The average Bonchev–Trinajstić information content (AvgIpc) is 3.18. The first-order valence-electron chi connectivity index (χ1n) is 7.84. The Labute approximate surface area is 122 Å². The summed E-state index contributed by atoms with van der Waals surface area (Å²) in [5.41, 5.74) is 2.70. The van der Waals surface area contributed by atoms with Crippen LogP contribution in [0.2, 0.25) is 0 Å². The highest BCUT2D eigenvalue weighted by Crippen LogP contribution is 2.32. The molecule has 0 aromatic heterocycles. The van der Waals surface area contributed by atoms with Gasteiger partial charge in [0.2, 0.25) is 0 Å². The third-order valence-electron chi connectivity index (χ3n) is 4.73. The van der Waals surface area contributed by atoms with Gasteiger partial charge in [0.15, 0.2) is 0 Å². The molecule has 3 nitrogen and oxygen atoms in total.